The monoisotopic (exact) mass is 672 g/mol. The van der Waals surface area contributed by atoms with Gasteiger partial charge in [0.25, 0.3) is 0 Å². The molecule has 246 valence electrons. The smallest absolute Gasteiger partial charge is 0.239 e. The van der Waals surface area contributed by atoms with Crippen molar-refractivity contribution in [3.63, 3.8) is 0 Å². The van der Waals surface area contributed by atoms with Crippen LogP contribution in [0.5, 0.6) is 11.5 Å². The van der Waals surface area contributed by atoms with Gasteiger partial charge in [0.2, 0.25) is 27.8 Å². The van der Waals surface area contributed by atoms with Crippen LogP contribution in [0.1, 0.15) is 16.7 Å². The van der Waals surface area contributed by atoms with Crippen molar-refractivity contribution in [3.8, 4) is 11.5 Å². The zero-order valence-corrected chi connectivity index (χ0v) is 27.9. The summed E-state index contributed by atoms with van der Waals surface area (Å²) in [5.41, 5.74) is 4.24. The lowest BCUT2D eigenvalue weighted by Crippen LogP contribution is -2.37. The quantitative estimate of drug-likeness (QED) is 0.307. The molecule has 2 aromatic carbocycles. The van der Waals surface area contributed by atoms with Crippen LogP contribution in [0.4, 0.5) is 28.8 Å². The molecule has 46 heavy (non-hydrogen) atoms. The van der Waals surface area contributed by atoms with Gasteiger partial charge in [0, 0.05) is 45.0 Å². The molecular weight excluding hydrogens is 636 g/mol. The molecule has 3 aromatic rings. The Labute approximate surface area is 273 Å². The van der Waals surface area contributed by atoms with Gasteiger partial charge in [-0.05, 0) is 48.2 Å². The van der Waals surface area contributed by atoms with Crippen molar-refractivity contribution in [2.75, 3.05) is 76.7 Å². The van der Waals surface area contributed by atoms with Gasteiger partial charge in [0.05, 0.1) is 51.1 Å². The van der Waals surface area contributed by atoms with E-state index in [0.717, 1.165) is 47.6 Å². The maximum Gasteiger partial charge on any atom is 0.239 e. The number of carbonyl (C=O) groups excluding carboxylic acids is 2. The number of likely N-dealkylation sites (N-methyl/N-ethyl adjacent to an activating group) is 1. The van der Waals surface area contributed by atoms with Crippen molar-refractivity contribution in [2.24, 2.45) is 0 Å². The summed E-state index contributed by atoms with van der Waals surface area (Å²) in [6.07, 6.45) is 4.02. The second-order valence-corrected chi connectivity index (χ2v) is 13.7. The highest BCUT2D eigenvalue weighted by Crippen LogP contribution is 2.40. The number of sulfonamides is 1. The van der Waals surface area contributed by atoms with E-state index in [0.29, 0.717) is 40.7 Å². The zero-order valence-electron chi connectivity index (χ0n) is 26.3. The normalized spacial score (nSPS) is 15.5. The Hall–Kier alpha value is -4.18. The Bertz CT molecular complexity index is 1770. The molecule has 0 bridgehead atoms. The molecule has 0 spiro atoms. The molecule has 14 nitrogen and oxygen atoms in total. The highest BCUT2D eigenvalue weighted by atomic mass is 35.5. The summed E-state index contributed by atoms with van der Waals surface area (Å²) >= 11 is 6.54. The Morgan fingerprint density at radius 2 is 1.76 bits per heavy atom. The number of rotatable bonds is 9. The van der Waals surface area contributed by atoms with Crippen LogP contribution in [-0.4, -0.2) is 105 Å². The Kier molecular flexibility index (Phi) is 9.86. The lowest BCUT2D eigenvalue weighted by molar-refractivity contribution is -0.129. The SMILES string of the molecule is COc1cc2c(cc1Nc1ncc(Cl)c(Nc3c(OC)ccc4c3CN(S(C)(=O)=O)CC(=O)N4)n1)CCN(CC(=O)N(C)C)CC2. The number of anilines is 5. The number of nitrogens with one attached hydrogen (secondary N) is 3. The number of amides is 2. The van der Waals surface area contributed by atoms with Crippen LogP contribution in [0.25, 0.3) is 0 Å². The van der Waals surface area contributed by atoms with Crippen molar-refractivity contribution >= 4 is 62.3 Å². The predicted molar refractivity (Wildman–Crippen MR) is 176 cm³/mol. The maximum atomic E-state index is 12.5. The van der Waals surface area contributed by atoms with Crippen molar-refractivity contribution < 1.29 is 27.5 Å². The first-order valence-electron chi connectivity index (χ1n) is 14.5. The molecule has 1 aromatic heterocycles. The number of ether oxygens (including phenoxy) is 2. The second kappa shape index (κ2) is 13.7. The van der Waals surface area contributed by atoms with Gasteiger partial charge in [-0.2, -0.15) is 9.29 Å². The first-order chi connectivity index (χ1) is 21.9. The molecule has 16 heteroatoms. The van der Waals surface area contributed by atoms with E-state index >= 15 is 0 Å². The average molecular weight is 673 g/mol. The van der Waals surface area contributed by atoms with Gasteiger partial charge in [-0.3, -0.25) is 14.5 Å². The minimum absolute atomic E-state index is 0.0665. The molecule has 3 N–H and O–H groups in total. The third-order valence-electron chi connectivity index (χ3n) is 7.90. The highest BCUT2D eigenvalue weighted by molar-refractivity contribution is 7.88. The molecule has 0 saturated carbocycles. The Morgan fingerprint density at radius 3 is 2.41 bits per heavy atom. The van der Waals surface area contributed by atoms with E-state index in [9.17, 15) is 18.0 Å². The van der Waals surface area contributed by atoms with Crippen LogP contribution in [0.3, 0.4) is 0 Å². The van der Waals surface area contributed by atoms with Gasteiger partial charge in [0.1, 0.15) is 16.5 Å². The van der Waals surface area contributed by atoms with E-state index in [1.54, 1.807) is 38.2 Å². The summed E-state index contributed by atoms with van der Waals surface area (Å²) in [4.78, 5) is 37.5. The minimum atomic E-state index is -3.70. The number of hydrogen-bond acceptors (Lipinski definition) is 11. The molecule has 0 atom stereocenters. The van der Waals surface area contributed by atoms with Crippen molar-refractivity contribution in [1.82, 2.24) is 24.1 Å². The fraction of sp³-hybridized carbons (Fsp3) is 0.400. The fourth-order valence-electron chi connectivity index (χ4n) is 5.34. The first-order valence-corrected chi connectivity index (χ1v) is 16.7. The number of carbonyl (C=O) groups is 2. The van der Waals surface area contributed by atoms with Crippen LogP contribution in [0.15, 0.2) is 30.5 Å². The van der Waals surface area contributed by atoms with E-state index in [-0.39, 0.29) is 35.8 Å². The van der Waals surface area contributed by atoms with Gasteiger partial charge >= 0.3 is 0 Å². The van der Waals surface area contributed by atoms with Gasteiger partial charge in [-0.15, -0.1) is 0 Å². The van der Waals surface area contributed by atoms with Crippen molar-refractivity contribution in [1.29, 1.82) is 0 Å². The number of fused-ring (bicyclic) bond motifs is 2. The van der Waals surface area contributed by atoms with Gasteiger partial charge in [-0.1, -0.05) is 11.6 Å². The Morgan fingerprint density at radius 1 is 1.07 bits per heavy atom. The minimum Gasteiger partial charge on any atom is -0.495 e. The van der Waals surface area contributed by atoms with E-state index in [4.69, 9.17) is 21.1 Å². The first kappa shape index (κ1) is 33.2. The summed E-state index contributed by atoms with van der Waals surface area (Å²) < 4.78 is 37.3. The lowest BCUT2D eigenvalue weighted by Gasteiger charge is -2.21. The molecular formula is C30H37ClN8O6S. The summed E-state index contributed by atoms with van der Waals surface area (Å²) in [5.74, 6) is 1.05. The number of aromatic nitrogens is 2. The van der Waals surface area contributed by atoms with Crippen LogP contribution >= 0.6 is 11.6 Å². The van der Waals surface area contributed by atoms with Crippen LogP contribution in [0.2, 0.25) is 5.02 Å². The molecule has 2 amide bonds. The van der Waals surface area contributed by atoms with E-state index in [1.807, 2.05) is 12.1 Å². The van der Waals surface area contributed by atoms with E-state index < -0.39 is 15.9 Å². The number of nitrogens with zero attached hydrogens (tertiary/aromatic N) is 5. The maximum absolute atomic E-state index is 12.5. The summed E-state index contributed by atoms with van der Waals surface area (Å²) in [6, 6.07) is 7.32. The Balaban J connectivity index is 1.43. The van der Waals surface area contributed by atoms with Gasteiger partial charge in [-0.25, -0.2) is 13.4 Å². The van der Waals surface area contributed by atoms with Gasteiger partial charge in [0.15, 0.2) is 5.82 Å². The molecule has 3 heterocycles. The van der Waals surface area contributed by atoms with E-state index in [1.165, 1.54) is 13.3 Å². The number of benzene rings is 2. The molecule has 0 aliphatic carbocycles. The molecule has 2 aliphatic heterocycles. The van der Waals surface area contributed by atoms with Crippen LogP contribution in [-0.2, 0) is 39.0 Å². The summed E-state index contributed by atoms with van der Waals surface area (Å²) in [6.45, 7) is 1.45. The lowest BCUT2D eigenvalue weighted by atomic mass is 10.0. The summed E-state index contributed by atoms with van der Waals surface area (Å²) in [7, 11) is 2.89. The molecule has 0 radical (unpaired) electrons. The number of methoxy groups -OCH3 is 2. The summed E-state index contributed by atoms with van der Waals surface area (Å²) in [5, 5.41) is 9.39. The molecule has 0 unspecified atom stereocenters. The second-order valence-electron chi connectivity index (χ2n) is 11.3. The largest absolute Gasteiger partial charge is 0.495 e. The van der Waals surface area contributed by atoms with Crippen molar-refractivity contribution in [2.45, 2.75) is 19.4 Å². The highest BCUT2D eigenvalue weighted by Gasteiger charge is 2.29. The van der Waals surface area contributed by atoms with E-state index in [2.05, 4.69) is 30.8 Å². The topological polar surface area (TPSA) is 158 Å². The van der Waals surface area contributed by atoms with Crippen LogP contribution in [0, 0.1) is 0 Å². The number of hydrogen-bond donors (Lipinski definition) is 3. The van der Waals surface area contributed by atoms with Gasteiger partial charge < -0.3 is 30.3 Å². The third-order valence-corrected chi connectivity index (χ3v) is 9.37. The standard InChI is InChI=1S/C30H37ClN8O6S/c1-37(2)27(41)17-38-10-8-18-12-23(25(45-4)13-19(18)9-11-38)34-30-32-14-21(31)29(36-30)35-28-20-15-39(46(5,42)43)16-26(40)33-22(20)6-7-24(28)44-3/h6-7,12-14H,8-11,15-17H2,1-5H3,(H,33,40)(H2,32,34,35,36). The fourth-order valence-corrected chi connectivity index (χ4v) is 6.20. The number of halogens is 1. The third kappa shape index (κ3) is 7.44. The predicted octanol–water partition coefficient (Wildman–Crippen LogP) is 2.84. The molecule has 2 aliphatic rings. The van der Waals surface area contributed by atoms with Crippen molar-refractivity contribution in [3.05, 3.63) is 52.2 Å². The molecule has 0 fully saturated rings. The molecule has 0 saturated heterocycles. The average Bonchev–Trinajstić information content (AvgIpc) is 3.31. The zero-order chi connectivity index (χ0) is 33.2. The molecule has 5 rings (SSSR count). The van der Waals surface area contributed by atoms with Crippen LogP contribution < -0.4 is 25.4 Å².